The molecule has 0 aromatic carbocycles. The summed E-state index contributed by atoms with van der Waals surface area (Å²) in [5.74, 6) is -0.311. The summed E-state index contributed by atoms with van der Waals surface area (Å²) in [7, 11) is 1.38. The molecule has 1 N–H and O–H groups in total. The minimum absolute atomic E-state index is 0.104. The number of nitriles is 1. The molecule has 0 saturated carbocycles. The lowest BCUT2D eigenvalue weighted by Gasteiger charge is -2.25. The summed E-state index contributed by atoms with van der Waals surface area (Å²) in [5.41, 5.74) is 1.08. The van der Waals surface area contributed by atoms with Crippen molar-refractivity contribution in [1.82, 2.24) is 5.32 Å². The molecule has 2 rings (SSSR count). The molecule has 0 bridgehead atoms. The Kier molecular flexibility index (Phi) is 5.32. The monoisotopic (exact) mass is 318 g/mol. The van der Waals surface area contributed by atoms with Crippen molar-refractivity contribution in [2.45, 2.75) is 44.8 Å². The van der Waals surface area contributed by atoms with Crippen LogP contribution in [0.15, 0.2) is 34.6 Å². The first-order chi connectivity index (χ1) is 11.0. The highest BCUT2D eigenvalue weighted by atomic mass is 19.1. The van der Waals surface area contributed by atoms with E-state index in [2.05, 4.69) is 5.32 Å². The Labute approximate surface area is 134 Å². The van der Waals surface area contributed by atoms with E-state index in [4.69, 9.17) is 10.00 Å². The Bertz CT molecular complexity index is 655. The summed E-state index contributed by atoms with van der Waals surface area (Å²) in [6, 6.07) is 0.936. The molecule has 0 heterocycles. The number of methoxy groups -OCH3 is 1. The molecule has 0 aromatic rings. The molecular formula is C17H19FN2O3. The highest BCUT2D eigenvalue weighted by Crippen LogP contribution is 2.27. The zero-order valence-corrected chi connectivity index (χ0v) is 13.2. The lowest BCUT2D eigenvalue weighted by molar-refractivity contribution is -0.119. The number of hydrogen-bond acceptors (Lipinski definition) is 4. The number of Topliss-reactive ketones (excluding diaryl/α,β-unsaturated/α-hetero) is 1. The van der Waals surface area contributed by atoms with Gasteiger partial charge < -0.3 is 10.1 Å². The van der Waals surface area contributed by atoms with E-state index >= 15 is 0 Å². The molecule has 0 radical (unpaired) electrons. The molecule has 5 nitrogen and oxygen atoms in total. The van der Waals surface area contributed by atoms with Crippen molar-refractivity contribution in [2.24, 2.45) is 0 Å². The van der Waals surface area contributed by atoms with E-state index in [9.17, 15) is 14.0 Å². The fourth-order valence-corrected chi connectivity index (χ4v) is 2.86. The second kappa shape index (κ2) is 7.23. The number of alkyl halides is 1. The molecule has 0 aliphatic heterocycles. The zero-order chi connectivity index (χ0) is 17.0. The molecule has 1 amide bonds. The van der Waals surface area contributed by atoms with Gasteiger partial charge in [0.2, 0.25) is 5.91 Å². The lowest BCUT2D eigenvalue weighted by atomic mass is 9.88. The molecule has 23 heavy (non-hydrogen) atoms. The number of ketones is 1. The Hall–Kier alpha value is -2.42. The number of carbonyl (C=O) groups is 2. The maximum absolute atomic E-state index is 14.2. The summed E-state index contributed by atoms with van der Waals surface area (Å²) in [4.78, 5) is 24.1. The largest absolute Gasteiger partial charge is 0.496 e. The second-order valence-corrected chi connectivity index (χ2v) is 5.59. The lowest BCUT2D eigenvalue weighted by Crippen LogP contribution is -2.42. The topological polar surface area (TPSA) is 79.2 Å². The van der Waals surface area contributed by atoms with Crippen LogP contribution in [0.3, 0.4) is 0 Å². The van der Waals surface area contributed by atoms with Gasteiger partial charge in [-0.2, -0.15) is 5.26 Å². The van der Waals surface area contributed by atoms with Gasteiger partial charge in [-0.25, -0.2) is 4.39 Å². The number of rotatable bonds is 4. The van der Waals surface area contributed by atoms with Crippen molar-refractivity contribution in [1.29, 1.82) is 5.26 Å². The standard InChI is InChI=1S/C17H19FN2O3/c1-10(21)12-5-3-4-6-13(12)17(22)20-15-8-16(23-2)11(9-19)7-14(15)18/h7-8,14-15H,3-6H2,1-2H3,(H,20,22). The fraction of sp³-hybridized carbons (Fsp3) is 0.471. The Morgan fingerprint density at radius 2 is 1.96 bits per heavy atom. The molecule has 6 heteroatoms. The number of halogens is 1. The van der Waals surface area contributed by atoms with Crippen molar-refractivity contribution in [2.75, 3.05) is 7.11 Å². The molecule has 2 atom stereocenters. The molecule has 0 aromatic heterocycles. The first-order valence-corrected chi connectivity index (χ1v) is 7.54. The molecule has 2 aliphatic rings. The van der Waals surface area contributed by atoms with Gasteiger partial charge in [-0.3, -0.25) is 9.59 Å². The number of allylic oxidation sites excluding steroid dienone is 2. The number of carbonyl (C=O) groups excluding carboxylic acids is 2. The third-order valence-corrected chi connectivity index (χ3v) is 4.07. The zero-order valence-electron chi connectivity index (χ0n) is 13.2. The normalized spacial score (nSPS) is 24.3. The maximum Gasteiger partial charge on any atom is 0.248 e. The summed E-state index contributed by atoms with van der Waals surface area (Å²) in [6.45, 7) is 1.44. The van der Waals surface area contributed by atoms with Gasteiger partial charge in [-0.15, -0.1) is 0 Å². The number of nitrogens with zero attached hydrogens (tertiary/aromatic N) is 1. The average molecular weight is 318 g/mol. The van der Waals surface area contributed by atoms with E-state index in [0.29, 0.717) is 24.0 Å². The van der Waals surface area contributed by atoms with Crippen molar-refractivity contribution in [3.05, 3.63) is 34.6 Å². The smallest absolute Gasteiger partial charge is 0.248 e. The van der Waals surface area contributed by atoms with E-state index in [1.807, 2.05) is 6.07 Å². The van der Waals surface area contributed by atoms with Crippen LogP contribution in [-0.4, -0.2) is 31.0 Å². The number of ether oxygens (including phenoxy) is 1. The van der Waals surface area contributed by atoms with Crippen LogP contribution < -0.4 is 5.32 Å². The van der Waals surface area contributed by atoms with Crippen LogP contribution in [0.1, 0.15) is 32.6 Å². The summed E-state index contributed by atoms with van der Waals surface area (Å²) in [5, 5.41) is 11.5. The van der Waals surface area contributed by atoms with Crippen molar-refractivity contribution in [3.63, 3.8) is 0 Å². The highest BCUT2D eigenvalue weighted by Gasteiger charge is 2.29. The number of amides is 1. The van der Waals surface area contributed by atoms with Gasteiger partial charge in [0.25, 0.3) is 0 Å². The van der Waals surface area contributed by atoms with Gasteiger partial charge >= 0.3 is 0 Å². The van der Waals surface area contributed by atoms with Crippen LogP contribution in [0, 0.1) is 11.3 Å². The van der Waals surface area contributed by atoms with Crippen LogP contribution >= 0.6 is 0 Å². The first-order valence-electron chi connectivity index (χ1n) is 7.54. The first kappa shape index (κ1) is 16.9. The molecular weight excluding hydrogens is 299 g/mol. The van der Waals surface area contributed by atoms with Crippen LogP contribution in [0.2, 0.25) is 0 Å². The molecule has 2 aliphatic carbocycles. The van der Waals surface area contributed by atoms with Crippen molar-refractivity contribution >= 4 is 11.7 Å². The predicted molar refractivity (Wildman–Crippen MR) is 81.8 cm³/mol. The van der Waals surface area contributed by atoms with Gasteiger partial charge in [-0.05, 0) is 44.8 Å². The van der Waals surface area contributed by atoms with E-state index in [1.165, 1.54) is 20.1 Å². The number of nitrogens with one attached hydrogen (secondary N) is 1. The Morgan fingerprint density at radius 1 is 1.30 bits per heavy atom. The van der Waals surface area contributed by atoms with E-state index in [1.54, 1.807) is 0 Å². The van der Waals surface area contributed by atoms with Crippen LogP contribution in [0.5, 0.6) is 0 Å². The fourth-order valence-electron chi connectivity index (χ4n) is 2.86. The maximum atomic E-state index is 14.2. The summed E-state index contributed by atoms with van der Waals surface area (Å²) >= 11 is 0. The van der Waals surface area contributed by atoms with Crippen molar-refractivity contribution < 1.29 is 18.7 Å². The Morgan fingerprint density at radius 3 is 2.52 bits per heavy atom. The van der Waals surface area contributed by atoms with Gasteiger partial charge in [0.05, 0.1) is 18.7 Å². The second-order valence-electron chi connectivity index (χ2n) is 5.59. The van der Waals surface area contributed by atoms with Gasteiger partial charge in [0, 0.05) is 11.1 Å². The van der Waals surface area contributed by atoms with Gasteiger partial charge in [-0.1, -0.05) is 0 Å². The van der Waals surface area contributed by atoms with Gasteiger partial charge in [0.1, 0.15) is 18.0 Å². The van der Waals surface area contributed by atoms with E-state index in [-0.39, 0.29) is 17.1 Å². The van der Waals surface area contributed by atoms with E-state index < -0.39 is 18.1 Å². The number of hydrogen-bond donors (Lipinski definition) is 1. The summed E-state index contributed by atoms with van der Waals surface area (Å²) in [6.07, 6.45) is 3.81. The van der Waals surface area contributed by atoms with Crippen molar-refractivity contribution in [3.8, 4) is 6.07 Å². The third kappa shape index (κ3) is 3.67. The van der Waals surface area contributed by atoms with E-state index in [0.717, 1.165) is 18.9 Å². The van der Waals surface area contributed by atoms with Crippen LogP contribution in [0.25, 0.3) is 0 Å². The predicted octanol–water partition coefficient (Wildman–Crippen LogP) is 2.26. The molecule has 2 unspecified atom stereocenters. The third-order valence-electron chi connectivity index (χ3n) is 4.07. The van der Waals surface area contributed by atoms with Crippen LogP contribution in [0.4, 0.5) is 4.39 Å². The van der Waals surface area contributed by atoms with Crippen LogP contribution in [-0.2, 0) is 14.3 Å². The quantitative estimate of drug-likeness (QED) is 0.862. The minimum atomic E-state index is -1.52. The SMILES string of the molecule is COC1=CC(NC(=O)C2=C(C(C)=O)CCCC2)C(F)C=C1C#N. The molecule has 122 valence electrons. The molecule has 0 spiro atoms. The highest BCUT2D eigenvalue weighted by molar-refractivity contribution is 6.05. The summed E-state index contributed by atoms with van der Waals surface area (Å²) < 4.78 is 19.2. The molecule has 0 fully saturated rings. The minimum Gasteiger partial charge on any atom is -0.496 e. The Balaban J connectivity index is 2.20. The molecule has 0 saturated heterocycles. The van der Waals surface area contributed by atoms with Gasteiger partial charge in [0.15, 0.2) is 5.78 Å². The average Bonchev–Trinajstić information content (AvgIpc) is 2.56.